The van der Waals surface area contributed by atoms with Crippen molar-refractivity contribution in [2.24, 2.45) is 11.8 Å². The van der Waals surface area contributed by atoms with Crippen molar-refractivity contribution >= 4 is 0 Å². The zero-order valence-corrected chi connectivity index (χ0v) is 13.3. The van der Waals surface area contributed by atoms with Crippen LogP contribution >= 0.6 is 0 Å². The summed E-state index contributed by atoms with van der Waals surface area (Å²) in [5, 5.41) is 3.86. The Hall–Kier alpha value is -0.0800. The van der Waals surface area contributed by atoms with Crippen LogP contribution < -0.4 is 5.32 Å². The van der Waals surface area contributed by atoms with E-state index in [4.69, 9.17) is 4.74 Å². The highest BCUT2D eigenvalue weighted by atomic mass is 16.5. The molecule has 0 aromatic carbocycles. The lowest BCUT2D eigenvalue weighted by atomic mass is 9.77. The predicted octanol–water partition coefficient (Wildman–Crippen LogP) is 3.99. The Morgan fingerprint density at radius 2 is 1.78 bits per heavy atom. The van der Waals surface area contributed by atoms with Crippen LogP contribution in [0.5, 0.6) is 0 Å². The van der Waals surface area contributed by atoms with Crippen LogP contribution in [0.1, 0.15) is 66.7 Å². The third kappa shape index (κ3) is 4.89. The van der Waals surface area contributed by atoms with E-state index in [0.29, 0.717) is 12.1 Å². The van der Waals surface area contributed by atoms with E-state index < -0.39 is 0 Å². The van der Waals surface area contributed by atoms with Gasteiger partial charge in [0.15, 0.2) is 0 Å². The van der Waals surface area contributed by atoms with E-state index in [9.17, 15) is 0 Å². The largest absolute Gasteiger partial charge is 0.379 e. The molecule has 2 nitrogen and oxygen atoms in total. The monoisotopic (exact) mass is 255 g/mol. The molecular formula is C16H33NO. The summed E-state index contributed by atoms with van der Waals surface area (Å²) in [6.45, 7) is 11.4. The number of rotatable bonds is 6. The molecule has 0 spiro atoms. The first-order valence-corrected chi connectivity index (χ1v) is 7.67. The second-order valence-electron chi connectivity index (χ2n) is 7.03. The van der Waals surface area contributed by atoms with Crippen molar-refractivity contribution in [1.29, 1.82) is 0 Å². The Balaban J connectivity index is 2.48. The first-order chi connectivity index (χ1) is 8.35. The minimum atomic E-state index is -0.0194. The van der Waals surface area contributed by atoms with Crippen LogP contribution in [0.25, 0.3) is 0 Å². The lowest BCUT2D eigenvalue weighted by Gasteiger charge is -2.38. The summed E-state index contributed by atoms with van der Waals surface area (Å²) in [6, 6.07) is 1.24. The summed E-state index contributed by atoms with van der Waals surface area (Å²) >= 11 is 0. The zero-order valence-electron chi connectivity index (χ0n) is 13.3. The van der Waals surface area contributed by atoms with Crippen molar-refractivity contribution in [2.75, 3.05) is 7.11 Å². The minimum absolute atomic E-state index is 0.0194. The molecule has 1 fully saturated rings. The van der Waals surface area contributed by atoms with Crippen LogP contribution in [-0.2, 0) is 4.74 Å². The van der Waals surface area contributed by atoms with Crippen LogP contribution in [0.2, 0.25) is 0 Å². The van der Waals surface area contributed by atoms with Crippen molar-refractivity contribution < 1.29 is 4.74 Å². The first kappa shape index (κ1) is 16.0. The number of nitrogens with one attached hydrogen (secondary N) is 1. The summed E-state index contributed by atoms with van der Waals surface area (Å²) in [6.07, 6.45) is 6.63. The molecule has 0 heterocycles. The fraction of sp³-hybridized carbons (Fsp3) is 1.00. The Morgan fingerprint density at radius 1 is 1.17 bits per heavy atom. The van der Waals surface area contributed by atoms with Gasteiger partial charge in [-0.2, -0.15) is 0 Å². The molecule has 0 bridgehead atoms. The van der Waals surface area contributed by atoms with Gasteiger partial charge in [0.25, 0.3) is 0 Å². The third-order valence-electron chi connectivity index (χ3n) is 4.52. The van der Waals surface area contributed by atoms with Gasteiger partial charge in [-0.05, 0) is 51.9 Å². The summed E-state index contributed by atoms with van der Waals surface area (Å²) < 4.78 is 5.53. The van der Waals surface area contributed by atoms with Gasteiger partial charge >= 0.3 is 0 Å². The number of hydrogen-bond acceptors (Lipinski definition) is 2. The smallest absolute Gasteiger partial charge is 0.0637 e. The lowest BCUT2D eigenvalue weighted by molar-refractivity contribution is 0.00598. The molecule has 1 aliphatic carbocycles. The van der Waals surface area contributed by atoms with Gasteiger partial charge in [0, 0.05) is 19.2 Å². The van der Waals surface area contributed by atoms with Gasteiger partial charge in [-0.15, -0.1) is 0 Å². The molecular weight excluding hydrogens is 222 g/mol. The van der Waals surface area contributed by atoms with Crippen molar-refractivity contribution in [1.82, 2.24) is 5.32 Å². The van der Waals surface area contributed by atoms with Gasteiger partial charge in [0.05, 0.1) is 5.60 Å². The van der Waals surface area contributed by atoms with Crippen LogP contribution in [0.4, 0.5) is 0 Å². The van der Waals surface area contributed by atoms with Gasteiger partial charge in [-0.25, -0.2) is 0 Å². The zero-order chi connectivity index (χ0) is 13.8. The molecule has 2 heteroatoms. The Morgan fingerprint density at radius 3 is 2.33 bits per heavy atom. The average Bonchev–Trinajstić information content (AvgIpc) is 2.28. The topological polar surface area (TPSA) is 21.3 Å². The molecule has 0 saturated heterocycles. The molecule has 1 N–H and O–H groups in total. The molecule has 3 atom stereocenters. The van der Waals surface area contributed by atoms with Gasteiger partial charge in [-0.1, -0.05) is 26.7 Å². The van der Waals surface area contributed by atoms with Crippen LogP contribution in [-0.4, -0.2) is 24.8 Å². The van der Waals surface area contributed by atoms with Crippen molar-refractivity contribution in [3.63, 3.8) is 0 Å². The maximum Gasteiger partial charge on any atom is 0.0637 e. The standard InChI is InChI=1S/C16H33NO/c1-12(2)14-9-7-8-10-15(14)17-13(3)11-16(4,5)18-6/h12-15,17H,7-11H2,1-6H3. The quantitative estimate of drug-likeness (QED) is 0.774. The van der Waals surface area contributed by atoms with E-state index in [1.807, 2.05) is 7.11 Å². The summed E-state index contributed by atoms with van der Waals surface area (Å²) in [7, 11) is 1.81. The molecule has 18 heavy (non-hydrogen) atoms. The Bertz CT molecular complexity index is 237. The van der Waals surface area contributed by atoms with E-state index in [0.717, 1.165) is 18.3 Å². The Kier molecular flexibility index (Phi) is 6.13. The van der Waals surface area contributed by atoms with Gasteiger partial charge in [-0.3, -0.25) is 0 Å². The maximum absolute atomic E-state index is 5.53. The van der Waals surface area contributed by atoms with Crippen LogP contribution in [0.3, 0.4) is 0 Å². The van der Waals surface area contributed by atoms with E-state index in [1.54, 1.807) is 0 Å². The third-order valence-corrected chi connectivity index (χ3v) is 4.52. The molecule has 3 unspecified atom stereocenters. The van der Waals surface area contributed by atoms with E-state index in [-0.39, 0.29) is 5.60 Å². The molecule has 0 amide bonds. The first-order valence-electron chi connectivity index (χ1n) is 7.67. The van der Waals surface area contributed by atoms with Crippen molar-refractivity contribution in [3.05, 3.63) is 0 Å². The summed E-state index contributed by atoms with van der Waals surface area (Å²) in [4.78, 5) is 0. The van der Waals surface area contributed by atoms with Crippen LogP contribution in [0.15, 0.2) is 0 Å². The highest BCUT2D eigenvalue weighted by Crippen LogP contribution is 2.31. The SMILES string of the molecule is COC(C)(C)CC(C)NC1CCCCC1C(C)C. The second-order valence-corrected chi connectivity index (χ2v) is 7.03. The molecule has 1 aliphatic rings. The normalized spacial score (nSPS) is 27.5. The van der Waals surface area contributed by atoms with Crippen LogP contribution in [0, 0.1) is 11.8 Å². The number of hydrogen-bond donors (Lipinski definition) is 1. The van der Waals surface area contributed by atoms with Gasteiger partial charge in [0.1, 0.15) is 0 Å². The predicted molar refractivity (Wildman–Crippen MR) is 78.9 cm³/mol. The minimum Gasteiger partial charge on any atom is -0.379 e. The number of methoxy groups -OCH3 is 1. The van der Waals surface area contributed by atoms with E-state index >= 15 is 0 Å². The van der Waals surface area contributed by atoms with Crippen molar-refractivity contribution in [2.45, 2.75) is 84.4 Å². The van der Waals surface area contributed by atoms with Crippen molar-refractivity contribution in [3.8, 4) is 0 Å². The summed E-state index contributed by atoms with van der Waals surface area (Å²) in [5.74, 6) is 1.65. The maximum atomic E-state index is 5.53. The fourth-order valence-corrected chi connectivity index (χ4v) is 3.41. The highest BCUT2D eigenvalue weighted by molar-refractivity contribution is 4.86. The summed E-state index contributed by atoms with van der Waals surface area (Å²) in [5.41, 5.74) is -0.0194. The average molecular weight is 255 g/mol. The van der Waals surface area contributed by atoms with Gasteiger partial charge < -0.3 is 10.1 Å². The molecule has 1 rings (SSSR count). The van der Waals surface area contributed by atoms with E-state index in [1.165, 1.54) is 25.7 Å². The Labute approximate surface area is 114 Å². The molecule has 0 aliphatic heterocycles. The highest BCUT2D eigenvalue weighted by Gasteiger charge is 2.29. The number of ether oxygens (including phenoxy) is 1. The second kappa shape index (κ2) is 6.91. The molecule has 0 radical (unpaired) electrons. The van der Waals surface area contributed by atoms with Gasteiger partial charge in [0.2, 0.25) is 0 Å². The molecule has 0 aromatic heterocycles. The molecule has 108 valence electrons. The van der Waals surface area contributed by atoms with E-state index in [2.05, 4.69) is 39.9 Å². The lowest BCUT2D eigenvalue weighted by Crippen LogP contribution is -2.47. The molecule has 0 aromatic rings. The fourth-order valence-electron chi connectivity index (χ4n) is 3.41. The molecule has 1 saturated carbocycles.